The third-order valence-corrected chi connectivity index (χ3v) is 6.01. The molecule has 0 bridgehead atoms. The molecular formula is C27H30FN5O4. The predicted molar refractivity (Wildman–Crippen MR) is 141 cm³/mol. The van der Waals surface area contributed by atoms with E-state index in [0.29, 0.717) is 46.2 Å². The Morgan fingerprint density at radius 1 is 1.19 bits per heavy atom. The minimum absolute atomic E-state index is 0.0438. The molecule has 37 heavy (non-hydrogen) atoms. The van der Waals surface area contributed by atoms with Crippen LogP contribution in [0.5, 0.6) is 5.75 Å². The number of aromatic nitrogens is 2. The van der Waals surface area contributed by atoms with Gasteiger partial charge in [0.25, 0.3) is 5.91 Å². The lowest BCUT2D eigenvalue weighted by Crippen LogP contribution is -2.27. The number of amides is 1. The topological polar surface area (TPSA) is 101 Å². The molecule has 0 atom stereocenters. The standard InChI is InChI=1S/C27H30FN5O4/c1-4-11-32(12-13-34)21-9-10-22(24(15-21)36-2)31-27(35)19-14-23(29-16-19)26-25(30-17-33(26)37-3)18-5-7-20(28)8-6-18/h5-10,15-17,34H,4,11-14H2,1-3H3,(H,31,35). The van der Waals surface area contributed by atoms with E-state index in [9.17, 15) is 14.3 Å². The fraction of sp³-hybridized carbons (Fsp3) is 0.296. The highest BCUT2D eigenvalue weighted by molar-refractivity contribution is 6.15. The van der Waals surface area contributed by atoms with Crippen molar-refractivity contribution in [2.75, 3.05) is 44.1 Å². The van der Waals surface area contributed by atoms with Gasteiger partial charge in [-0.3, -0.25) is 9.79 Å². The van der Waals surface area contributed by atoms with Crippen LogP contribution in [0.3, 0.4) is 0 Å². The van der Waals surface area contributed by atoms with Gasteiger partial charge < -0.3 is 24.9 Å². The van der Waals surface area contributed by atoms with E-state index in [-0.39, 0.29) is 24.8 Å². The molecule has 0 radical (unpaired) electrons. The highest BCUT2D eigenvalue weighted by Gasteiger charge is 2.26. The van der Waals surface area contributed by atoms with E-state index < -0.39 is 0 Å². The zero-order valence-corrected chi connectivity index (χ0v) is 21.1. The second-order valence-electron chi connectivity index (χ2n) is 8.41. The van der Waals surface area contributed by atoms with E-state index in [2.05, 4.69) is 27.1 Å². The van der Waals surface area contributed by atoms with E-state index in [0.717, 1.165) is 18.7 Å². The molecule has 0 unspecified atom stereocenters. The van der Waals surface area contributed by atoms with Crippen LogP contribution in [0.25, 0.3) is 11.3 Å². The first kappa shape index (κ1) is 25.9. The molecule has 0 fully saturated rings. The lowest BCUT2D eigenvalue weighted by molar-refractivity contribution is -0.112. The molecule has 1 aliphatic rings. The minimum atomic E-state index is -0.342. The maximum Gasteiger partial charge on any atom is 0.253 e. The monoisotopic (exact) mass is 507 g/mol. The van der Waals surface area contributed by atoms with Gasteiger partial charge in [0.15, 0.2) is 0 Å². The maximum atomic E-state index is 13.4. The summed E-state index contributed by atoms with van der Waals surface area (Å²) in [6, 6.07) is 11.5. The molecule has 1 amide bonds. The normalized spacial score (nSPS) is 12.7. The maximum absolute atomic E-state index is 13.4. The first-order valence-electron chi connectivity index (χ1n) is 12.0. The number of methoxy groups -OCH3 is 1. The highest BCUT2D eigenvalue weighted by Crippen LogP contribution is 2.32. The van der Waals surface area contributed by atoms with Crippen molar-refractivity contribution < 1.29 is 23.9 Å². The average Bonchev–Trinajstić information content (AvgIpc) is 3.56. The Hall–Kier alpha value is -4.18. The summed E-state index contributed by atoms with van der Waals surface area (Å²) in [6.45, 7) is 3.42. The first-order valence-corrected chi connectivity index (χ1v) is 12.0. The van der Waals surface area contributed by atoms with Gasteiger partial charge in [-0.2, -0.15) is 4.73 Å². The number of benzene rings is 2. The highest BCUT2D eigenvalue weighted by atomic mass is 19.1. The molecule has 2 N–H and O–H groups in total. The Morgan fingerprint density at radius 3 is 2.65 bits per heavy atom. The van der Waals surface area contributed by atoms with Crippen molar-refractivity contribution >= 4 is 23.0 Å². The molecule has 2 heterocycles. The molecule has 1 aliphatic heterocycles. The quantitative estimate of drug-likeness (QED) is 0.411. The number of nitrogens with one attached hydrogen (secondary N) is 1. The number of anilines is 2. The van der Waals surface area contributed by atoms with Gasteiger partial charge in [0.05, 0.1) is 25.1 Å². The molecule has 9 nitrogen and oxygen atoms in total. The molecule has 0 aliphatic carbocycles. The summed E-state index contributed by atoms with van der Waals surface area (Å²) in [7, 11) is 3.05. The number of imidazole rings is 1. The number of hydrogen-bond acceptors (Lipinski definition) is 7. The third kappa shape index (κ3) is 5.64. The number of ether oxygens (including phenoxy) is 1. The Morgan fingerprint density at radius 2 is 1.97 bits per heavy atom. The summed E-state index contributed by atoms with van der Waals surface area (Å²) in [5.74, 6) is -0.136. The average molecular weight is 508 g/mol. The fourth-order valence-corrected chi connectivity index (χ4v) is 4.21. The Balaban J connectivity index is 1.50. The van der Waals surface area contributed by atoms with Gasteiger partial charge in [-0.05, 0) is 42.8 Å². The number of carbonyl (C=O) groups is 1. The Labute approximate surface area is 214 Å². The summed E-state index contributed by atoms with van der Waals surface area (Å²) >= 11 is 0. The summed E-state index contributed by atoms with van der Waals surface area (Å²) in [5, 5.41) is 12.3. The summed E-state index contributed by atoms with van der Waals surface area (Å²) < 4.78 is 20.4. The molecule has 10 heteroatoms. The summed E-state index contributed by atoms with van der Waals surface area (Å²) in [6.07, 6.45) is 4.23. The number of hydrogen-bond donors (Lipinski definition) is 2. The van der Waals surface area contributed by atoms with Gasteiger partial charge in [-0.15, -0.1) is 0 Å². The van der Waals surface area contributed by atoms with Gasteiger partial charge in [-0.25, -0.2) is 9.37 Å². The lowest BCUT2D eigenvalue weighted by Gasteiger charge is -2.24. The number of halogens is 1. The zero-order valence-electron chi connectivity index (χ0n) is 21.1. The van der Waals surface area contributed by atoms with Crippen molar-refractivity contribution in [2.45, 2.75) is 19.8 Å². The molecule has 4 rings (SSSR count). The number of aliphatic hydroxyl groups excluding tert-OH is 1. The van der Waals surface area contributed by atoms with Gasteiger partial charge >= 0.3 is 0 Å². The van der Waals surface area contributed by atoms with Gasteiger partial charge in [-0.1, -0.05) is 6.92 Å². The fourth-order valence-electron chi connectivity index (χ4n) is 4.21. The van der Waals surface area contributed by atoms with E-state index in [1.54, 1.807) is 25.3 Å². The molecule has 3 aromatic rings. The van der Waals surface area contributed by atoms with Crippen LogP contribution in [0.4, 0.5) is 15.8 Å². The van der Waals surface area contributed by atoms with Crippen molar-refractivity contribution in [1.29, 1.82) is 0 Å². The van der Waals surface area contributed by atoms with Crippen LogP contribution in [0.15, 0.2) is 65.6 Å². The Bertz CT molecular complexity index is 1310. The summed E-state index contributed by atoms with van der Waals surface area (Å²) in [5.41, 5.74) is 4.37. The molecule has 2 aromatic carbocycles. The second-order valence-corrected chi connectivity index (χ2v) is 8.41. The van der Waals surface area contributed by atoms with Crippen molar-refractivity contribution in [1.82, 2.24) is 9.71 Å². The van der Waals surface area contributed by atoms with Gasteiger partial charge in [0.2, 0.25) is 0 Å². The van der Waals surface area contributed by atoms with E-state index in [1.165, 1.54) is 36.5 Å². The van der Waals surface area contributed by atoms with Crippen molar-refractivity contribution in [3.63, 3.8) is 0 Å². The summed E-state index contributed by atoms with van der Waals surface area (Å²) in [4.78, 5) is 29.5. The second kappa shape index (κ2) is 11.7. The van der Waals surface area contributed by atoms with Crippen LogP contribution in [-0.2, 0) is 4.79 Å². The number of nitrogens with zero attached hydrogens (tertiary/aromatic N) is 4. The molecule has 1 aromatic heterocycles. The van der Waals surface area contributed by atoms with Crippen LogP contribution >= 0.6 is 0 Å². The molecule has 0 saturated carbocycles. The molecule has 0 saturated heterocycles. The molecule has 194 valence electrons. The zero-order chi connectivity index (χ0) is 26.4. The number of carbonyl (C=O) groups excluding carboxylic acids is 1. The van der Waals surface area contributed by atoms with Crippen molar-refractivity contribution in [3.05, 3.63) is 72.1 Å². The van der Waals surface area contributed by atoms with Crippen LogP contribution < -0.4 is 19.8 Å². The SMILES string of the molecule is CCCN(CCO)c1ccc(NC(=O)C2=CN=C(c3c(-c4ccc(F)cc4)ncn3OC)C2)c(OC)c1. The van der Waals surface area contributed by atoms with Crippen LogP contribution in [0, 0.1) is 5.82 Å². The number of aliphatic hydroxyl groups is 1. The number of rotatable bonds is 11. The lowest BCUT2D eigenvalue weighted by atomic mass is 10.0. The van der Waals surface area contributed by atoms with E-state index in [4.69, 9.17) is 9.57 Å². The molecular weight excluding hydrogens is 477 g/mol. The first-order chi connectivity index (χ1) is 18.0. The number of aliphatic imine (C=N–C) groups is 1. The van der Waals surface area contributed by atoms with E-state index >= 15 is 0 Å². The minimum Gasteiger partial charge on any atom is -0.494 e. The largest absolute Gasteiger partial charge is 0.494 e. The van der Waals surface area contributed by atoms with Crippen molar-refractivity contribution in [2.24, 2.45) is 4.99 Å². The third-order valence-electron chi connectivity index (χ3n) is 6.01. The van der Waals surface area contributed by atoms with Gasteiger partial charge in [0, 0.05) is 48.6 Å². The van der Waals surface area contributed by atoms with Crippen LogP contribution in [-0.4, -0.2) is 60.4 Å². The predicted octanol–water partition coefficient (Wildman–Crippen LogP) is 3.68. The Kier molecular flexibility index (Phi) is 8.19. The van der Waals surface area contributed by atoms with Crippen LogP contribution in [0.1, 0.15) is 25.5 Å². The smallest absolute Gasteiger partial charge is 0.253 e. The van der Waals surface area contributed by atoms with Crippen LogP contribution in [0.2, 0.25) is 0 Å². The van der Waals surface area contributed by atoms with Gasteiger partial charge in [0.1, 0.15) is 36.4 Å². The van der Waals surface area contributed by atoms with E-state index in [1.807, 2.05) is 12.1 Å². The van der Waals surface area contributed by atoms with Crippen molar-refractivity contribution in [3.8, 4) is 17.0 Å². The molecule has 0 spiro atoms.